The molecule has 4 heteroatoms. The van der Waals surface area contributed by atoms with Crippen LogP contribution in [0.15, 0.2) is 24.8 Å². The van der Waals surface area contributed by atoms with E-state index in [1.165, 1.54) is 0 Å². The second-order valence-corrected chi connectivity index (χ2v) is 6.38. The van der Waals surface area contributed by atoms with E-state index in [0.29, 0.717) is 13.2 Å². The highest BCUT2D eigenvalue weighted by atomic mass is 16.7. The van der Waals surface area contributed by atoms with Gasteiger partial charge in [0.1, 0.15) is 6.61 Å². The summed E-state index contributed by atoms with van der Waals surface area (Å²) in [5.41, 5.74) is -0.337. The summed E-state index contributed by atoms with van der Waals surface area (Å²) in [5, 5.41) is 0. The summed E-state index contributed by atoms with van der Waals surface area (Å²) in [7, 11) is 0. The molecule has 0 atom stereocenters. The number of esters is 1. The molecule has 0 aromatic heterocycles. The van der Waals surface area contributed by atoms with Crippen LogP contribution in [0.1, 0.15) is 40.5 Å². The number of rotatable bonds is 7. The zero-order chi connectivity index (χ0) is 15.9. The summed E-state index contributed by atoms with van der Waals surface area (Å²) in [6, 6.07) is 0. The van der Waals surface area contributed by atoms with Crippen molar-refractivity contribution in [2.75, 3.05) is 19.8 Å². The molecule has 0 spiro atoms. The molecule has 0 aliphatic carbocycles. The van der Waals surface area contributed by atoms with Gasteiger partial charge in [-0.3, -0.25) is 0 Å². The Hall–Kier alpha value is -1.13. The van der Waals surface area contributed by atoms with Crippen molar-refractivity contribution in [3.63, 3.8) is 0 Å². The lowest BCUT2D eigenvalue weighted by Gasteiger charge is -2.44. The smallest absolute Gasteiger partial charge is 0.330 e. The third-order valence-electron chi connectivity index (χ3n) is 4.01. The minimum absolute atomic E-state index is 0.0525. The maximum atomic E-state index is 11.2. The topological polar surface area (TPSA) is 44.8 Å². The van der Waals surface area contributed by atoms with Crippen LogP contribution in [-0.4, -0.2) is 32.1 Å². The Morgan fingerprint density at radius 3 is 2.52 bits per heavy atom. The fraction of sp³-hybridized carbons (Fsp3) is 0.706. The second kappa shape index (κ2) is 7.76. The molecule has 0 unspecified atom stereocenters. The third kappa shape index (κ3) is 4.97. The van der Waals surface area contributed by atoms with Crippen molar-refractivity contribution in [1.29, 1.82) is 0 Å². The zero-order valence-corrected chi connectivity index (χ0v) is 13.7. The van der Waals surface area contributed by atoms with E-state index in [1.807, 2.05) is 20.8 Å². The van der Waals surface area contributed by atoms with Crippen molar-refractivity contribution in [2.24, 2.45) is 10.8 Å². The fourth-order valence-electron chi connectivity index (χ4n) is 2.26. The molecule has 1 fully saturated rings. The van der Waals surface area contributed by atoms with Crippen molar-refractivity contribution in [1.82, 2.24) is 0 Å². The largest absolute Gasteiger partial charge is 0.462 e. The van der Waals surface area contributed by atoms with Gasteiger partial charge in [-0.15, -0.1) is 0 Å². The Kier molecular flexibility index (Phi) is 6.62. The molecule has 1 aliphatic heterocycles. The van der Waals surface area contributed by atoms with Crippen molar-refractivity contribution < 1.29 is 19.0 Å². The Bertz CT molecular complexity index is 376. The average Bonchev–Trinajstić information content (AvgIpc) is 2.51. The maximum Gasteiger partial charge on any atom is 0.330 e. The summed E-state index contributed by atoms with van der Waals surface area (Å²) in [4.78, 5) is 11.2. The lowest BCUT2D eigenvalue weighted by Crippen LogP contribution is -2.48. The lowest BCUT2D eigenvalue weighted by atomic mass is 9.82. The van der Waals surface area contributed by atoms with Crippen LogP contribution in [0.4, 0.5) is 0 Å². The van der Waals surface area contributed by atoms with Crippen molar-refractivity contribution >= 4 is 5.97 Å². The van der Waals surface area contributed by atoms with Crippen LogP contribution in [-0.2, 0) is 19.0 Å². The van der Waals surface area contributed by atoms with Crippen molar-refractivity contribution in [3.8, 4) is 0 Å². The molecule has 4 nitrogen and oxygen atoms in total. The van der Waals surface area contributed by atoms with Gasteiger partial charge in [-0.25, -0.2) is 4.79 Å². The highest BCUT2D eigenvalue weighted by molar-refractivity contribution is 5.81. The Morgan fingerprint density at radius 1 is 1.43 bits per heavy atom. The van der Waals surface area contributed by atoms with E-state index in [2.05, 4.69) is 25.7 Å². The van der Waals surface area contributed by atoms with Gasteiger partial charge in [0, 0.05) is 16.9 Å². The van der Waals surface area contributed by atoms with Crippen LogP contribution in [0.5, 0.6) is 0 Å². The number of carbonyl (C=O) groups excluding carboxylic acids is 1. The number of allylic oxidation sites excluding steroid dienone is 2. The minimum atomic E-state index is -0.421. The maximum absolute atomic E-state index is 11.2. The first-order chi connectivity index (χ1) is 9.89. The molecule has 0 N–H and O–H groups in total. The van der Waals surface area contributed by atoms with Crippen LogP contribution in [0.25, 0.3) is 0 Å². The van der Waals surface area contributed by atoms with Crippen LogP contribution in [0.3, 0.4) is 0 Å². The standard InChI is InChI=1S/C17H28O4/c1-6-9-10-17(8-3)12-20-15(21-13-17)16(4,5)11-19-14(18)7-2/h6-7,9,15H,2,8,10-13H2,1,3-5H3. The first kappa shape index (κ1) is 17.9. The molecule has 120 valence electrons. The van der Waals surface area contributed by atoms with Gasteiger partial charge in [-0.05, 0) is 19.8 Å². The van der Waals surface area contributed by atoms with Gasteiger partial charge < -0.3 is 14.2 Å². The highest BCUT2D eigenvalue weighted by Gasteiger charge is 2.41. The van der Waals surface area contributed by atoms with Gasteiger partial charge in [0.05, 0.1) is 13.2 Å². The van der Waals surface area contributed by atoms with Crippen LogP contribution >= 0.6 is 0 Å². The summed E-state index contributed by atoms with van der Waals surface area (Å²) in [5.74, 6) is -0.421. The molecule has 0 bridgehead atoms. The van der Waals surface area contributed by atoms with Crippen molar-refractivity contribution in [2.45, 2.75) is 46.8 Å². The molecule has 1 saturated heterocycles. The summed E-state index contributed by atoms with van der Waals surface area (Å²) in [6.45, 7) is 13.1. The van der Waals surface area contributed by atoms with E-state index in [-0.39, 0.29) is 23.7 Å². The molecular weight excluding hydrogens is 268 g/mol. The molecule has 0 saturated carbocycles. The monoisotopic (exact) mass is 296 g/mol. The molecule has 1 rings (SSSR count). The van der Waals surface area contributed by atoms with Gasteiger partial charge in [-0.1, -0.05) is 39.5 Å². The molecule has 1 heterocycles. The Balaban J connectivity index is 2.57. The van der Waals surface area contributed by atoms with Gasteiger partial charge in [0.25, 0.3) is 0 Å². The second-order valence-electron chi connectivity index (χ2n) is 6.38. The summed E-state index contributed by atoms with van der Waals surface area (Å²) in [6.07, 6.45) is 6.99. The number of hydrogen-bond donors (Lipinski definition) is 0. The SMILES string of the molecule is C=CC(=O)OCC(C)(C)C1OCC(CC)(CC=CC)CO1. The number of ether oxygens (including phenoxy) is 3. The predicted molar refractivity (Wildman–Crippen MR) is 82.8 cm³/mol. The normalized spacial score (nSPS) is 26.8. The third-order valence-corrected chi connectivity index (χ3v) is 4.01. The predicted octanol–water partition coefficient (Wildman–Crippen LogP) is 3.48. The molecular formula is C17H28O4. The van der Waals surface area contributed by atoms with Crippen molar-refractivity contribution in [3.05, 3.63) is 24.8 Å². The van der Waals surface area contributed by atoms with Gasteiger partial charge >= 0.3 is 5.97 Å². The Labute approximate surface area is 128 Å². The van der Waals surface area contributed by atoms with E-state index in [9.17, 15) is 4.79 Å². The van der Waals surface area contributed by atoms with Crippen LogP contribution in [0, 0.1) is 10.8 Å². The van der Waals surface area contributed by atoms with E-state index in [4.69, 9.17) is 14.2 Å². The molecule has 0 aromatic carbocycles. The molecule has 0 amide bonds. The zero-order valence-electron chi connectivity index (χ0n) is 13.7. The summed E-state index contributed by atoms with van der Waals surface area (Å²) < 4.78 is 17.0. The van der Waals surface area contributed by atoms with E-state index < -0.39 is 5.97 Å². The number of hydrogen-bond acceptors (Lipinski definition) is 4. The van der Waals surface area contributed by atoms with E-state index >= 15 is 0 Å². The minimum Gasteiger partial charge on any atom is -0.462 e. The Morgan fingerprint density at radius 2 is 2.05 bits per heavy atom. The first-order valence-corrected chi connectivity index (χ1v) is 7.53. The summed E-state index contributed by atoms with van der Waals surface area (Å²) >= 11 is 0. The molecule has 0 radical (unpaired) electrons. The highest BCUT2D eigenvalue weighted by Crippen LogP contribution is 2.37. The van der Waals surface area contributed by atoms with Gasteiger partial charge in [0.15, 0.2) is 6.29 Å². The first-order valence-electron chi connectivity index (χ1n) is 7.53. The van der Waals surface area contributed by atoms with Gasteiger partial charge in [0.2, 0.25) is 0 Å². The molecule has 0 aromatic rings. The number of carbonyl (C=O) groups is 1. The van der Waals surface area contributed by atoms with E-state index in [0.717, 1.165) is 18.9 Å². The van der Waals surface area contributed by atoms with Crippen LogP contribution in [0.2, 0.25) is 0 Å². The fourth-order valence-corrected chi connectivity index (χ4v) is 2.26. The van der Waals surface area contributed by atoms with Gasteiger partial charge in [-0.2, -0.15) is 0 Å². The van der Waals surface area contributed by atoms with Crippen LogP contribution < -0.4 is 0 Å². The molecule has 1 aliphatic rings. The van der Waals surface area contributed by atoms with E-state index in [1.54, 1.807) is 0 Å². The lowest BCUT2D eigenvalue weighted by molar-refractivity contribution is -0.274. The quantitative estimate of drug-likeness (QED) is 0.410. The average molecular weight is 296 g/mol. The molecule has 21 heavy (non-hydrogen) atoms.